The summed E-state index contributed by atoms with van der Waals surface area (Å²) in [5, 5.41) is 0. The van der Waals surface area contributed by atoms with Gasteiger partial charge in [-0.2, -0.15) is 0 Å². The molecule has 0 amide bonds. The Morgan fingerprint density at radius 2 is 2.12 bits per heavy atom. The molecule has 4 heteroatoms. The first-order chi connectivity index (χ1) is 7.83. The monoisotopic (exact) mass is 228 g/mol. The van der Waals surface area contributed by atoms with Gasteiger partial charge in [0.15, 0.2) is 0 Å². The molecule has 0 aromatic carbocycles. The number of rotatable bonds is 4. The molecule has 0 saturated carbocycles. The van der Waals surface area contributed by atoms with Gasteiger partial charge in [0.2, 0.25) is 0 Å². The highest BCUT2D eigenvalue weighted by Crippen LogP contribution is 2.21. The molecule has 0 bridgehead atoms. The Kier molecular flexibility index (Phi) is 4.58. The number of hydrogen-bond acceptors (Lipinski definition) is 4. The fourth-order valence-electron chi connectivity index (χ4n) is 2.65. The highest BCUT2D eigenvalue weighted by molar-refractivity contribution is 4.81. The van der Waals surface area contributed by atoms with Crippen LogP contribution in [0.3, 0.4) is 0 Å². The van der Waals surface area contributed by atoms with Crippen LogP contribution >= 0.6 is 0 Å². The summed E-state index contributed by atoms with van der Waals surface area (Å²) in [6, 6.07) is 0.578. The Morgan fingerprint density at radius 1 is 1.31 bits per heavy atom. The van der Waals surface area contributed by atoms with Crippen molar-refractivity contribution in [3.05, 3.63) is 0 Å². The van der Waals surface area contributed by atoms with E-state index < -0.39 is 0 Å². The molecule has 0 aromatic heterocycles. The van der Waals surface area contributed by atoms with Crippen LogP contribution in [0.2, 0.25) is 0 Å². The van der Waals surface area contributed by atoms with Gasteiger partial charge >= 0.3 is 0 Å². The Balaban J connectivity index is 1.79. The molecule has 2 aliphatic rings. The van der Waals surface area contributed by atoms with Crippen LogP contribution in [0.4, 0.5) is 0 Å². The minimum Gasteiger partial charge on any atom is -0.378 e. The third-order valence-corrected chi connectivity index (χ3v) is 3.72. The Bertz CT molecular complexity index is 213. The van der Waals surface area contributed by atoms with Crippen LogP contribution in [0.15, 0.2) is 0 Å². The number of nitrogens with zero attached hydrogens (tertiary/aromatic N) is 1. The lowest BCUT2D eigenvalue weighted by Crippen LogP contribution is -2.48. The molecular formula is C12H24N2O2. The minimum atomic E-state index is 0.297. The molecule has 3 unspecified atom stereocenters. The van der Waals surface area contributed by atoms with Crippen molar-refractivity contribution in [3.63, 3.8) is 0 Å². The zero-order chi connectivity index (χ0) is 11.4. The average molecular weight is 228 g/mol. The van der Waals surface area contributed by atoms with E-state index in [1.165, 1.54) is 0 Å². The van der Waals surface area contributed by atoms with E-state index in [-0.39, 0.29) is 0 Å². The van der Waals surface area contributed by atoms with Crippen LogP contribution in [-0.2, 0) is 9.47 Å². The fraction of sp³-hybridized carbons (Fsp3) is 1.00. The van der Waals surface area contributed by atoms with Crippen LogP contribution in [-0.4, -0.2) is 56.0 Å². The van der Waals surface area contributed by atoms with Crippen LogP contribution in [0.1, 0.15) is 26.2 Å². The first-order valence-corrected chi connectivity index (χ1v) is 6.50. The van der Waals surface area contributed by atoms with Crippen molar-refractivity contribution in [1.29, 1.82) is 0 Å². The Morgan fingerprint density at radius 3 is 2.81 bits per heavy atom. The predicted molar refractivity (Wildman–Crippen MR) is 63.4 cm³/mol. The van der Waals surface area contributed by atoms with Gasteiger partial charge in [-0.1, -0.05) is 6.92 Å². The first-order valence-electron chi connectivity index (χ1n) is 6.50. The largest absolute Gasteiger partial charge is 0.378 e. The van der Waals surface area contributed by atoms with Gasteiger partial charge in [0.1, 0.15) is 0 Å². The second-order valence-electron chi connectivity index (χ2n) is 4.83. The zero-order valence-corrected chi connectivity index (χ0v) is 10.2. The van der Waals surface area contributed by atoms with Gasteiger partial charge in [-0.15, -0.1) is 0 Å². The van der Waals surface area contributed by atoms with Crippen molar-refractivity contribution in [2.75, 3.05) is 32.8 Å². The van der Waals surface area contributed by atoms with Crippen LogP contribution in [0.25, 0.3) is 0 Å². The lowest BCUT2D eigenvalue weighted by atomic mass is 10.1. The highest BCUT2D eigenvalue weighted by Gasteiger charge is 2.29. The summed E-state index contributed by atoms with van der Waals surface area (Å²) in [7, 11) is 0. The second-order valence-corrected chi connectivity index (χ2v) is 4.83. The number of ether oxygens (including phenoxy) is 2. The summed E-state index contributed by atoms with van der Waals surface area (Å²) < 4.78 is 11.4. The molecule has 2 aliphatic heterocycles. The number of nitrogens with two attached hydrogens (primary N) is 1. The molecule has 2 fully saturated rings. The summed E-state index contributed by atoms with van der Waals surface area (Å²) in [6.45, 7) is 6.73. The Hall–Kier alpha value is -0.160. The molecule has 2 N–H and O–H groups in total. The molecule has 0 aromatic rings. The van der Waals surface area contributed by atoms with Crippen molar-refractivity contribution in [3.8, 4) is 0 Å². The number of morpholine rings is 1. The Labute approximate surface area is 98.1 Å². The van der Waals surface area contributed by atoms with Gasteiger partial charge in [0.05, 0.1) is 25.4 Å². The van der Waals surface area contributed by atoms with Crippen molar-refractivity contribution < 1.29 is 9.47 Å². The van der Waals surface area contributed by atoms with E-state index in [9.17, 15) is 0 Å². The van der Waals surface area contributed by atoms with Crippen molar-refractivity contribution >= 4 is 0 Å². The molecule has 0 spiro atoms. The number of hydrogen-bond donors (Lipinski definition) is 1. The molecule has 94 valence electrons. The second kappa shape index (κ2) is 5.96. The van der Waals surface area contributed by atoms with E-state index in [1.54, 1.807) is 0 Å². The predicted octanol–water partition coefficient (Wildman–Crippen LogP) is 0.604. The van der Waals surface area contributed by atoms with E-state index in [0.717, 1.165) is 45.6 Å². The molecule has 4 nitrogen and oxygen atoms in total. The minimum absolute atomic E-state index is 0.297. The summed E-state index contributed by atoms with van der Waals surface area (Å²) in [4.78, 5) is 2.52. The average Bonchev–Trinajstić information content (AvgIpc) is 2.77. The van der Waals surface area contributed by atoms with Crippen molar-refractivity contribution in [2.24, 2.45) is 5.73 Å². The van der Waals surface area contributed by atoms with E-state index >= 15 is 0 Å². The molecule has 2 heterocycles. The normalized spacial score (nSPS) is 36.8. The summed E-state index contributed by atoms with van der Waals surface area (Å²) in [5.74, 6) is 0. The maximum Gasteiger partial charge on any atom is 0.0707 e. The van der Waals surface area contributed by atoms with E-state index in [0.29, 0.717) is 24.8 Å². The smallest absolute Gasteiger partial charge is 0.0707 e. The quantitative estimate of drug-likeness (QED) is 0.765. The first kappa shape index (κ1) is 12.3. The molecule has 3 atom stereocenters. The van der Waals surface area contributed by atoms with Crippen molar-refractivity contribution in [2.45, 2.75) is 44.4 Å². The molecule has 2 rings (SSSR count). The molecular weight excluding hydrogens is 204 g/mol. The topological polar surface area (TPSA) is 47.7 Å². The van der Waals surface area contributed by atoms with Gasteiger partial charge in [0, 0.05) is 25.7 Å². The molecule has 2 saturated heterocycles. The molecule has 0 aliphatic carbocycles. The summed E-state index contributed by atoms with van der Waals surface area (Å²) in [5.41, 5.74) is 5.62. The molecule has 16 heavy (non-hydrogen) atoms. The van der Waals surface area contributed by atoms with E-state index in [2.05, 4.69) is 11.8 Å². The van der Waals surface area contributed by atoms with Gasteiger partial charge < -0.3 is 15.2 Å². The van der Waals surface area contributed by atoms with E-state index in [4.69, 9.17) is 15.2 Å². The van der Waals surface area contributed by atoms with Gasteiger partial charge in [-0.05, 0) is 19.3 Å². The zero-order valence-electron chi connectivity index (χ0n) is 10.2. The van der Waals surface area contributed by atoms with Crippen molar-refractivity contribution in [1.82, 2.24) is 4.90 Å². The lowest BCUT2D eigenvalue weighted by Gasteiger charge is -2.36. The van der Waals surface area contributed by atoms with Gasteiger partial charge in [0.25, 0.3) is 0 Å². The SMILES string of the molecule is CCC1COCCN1CC1CCC(CN)O1. The third kappa shape index (κ3) is 2.94. The highest BCUT2D eigenvalue weighted by atomic mass is 16.5. The fourth-order valence-corrected chi connectivity index (χ4v) is 2.65. The standard InChI is InChI=1S/C12H24N2O2/c1-2-10-9-15-6-5-14(10)8-12-4-3-11(7-13)16-12/h10-12H,2-9,13H2,1H3. The summed E-state index contributed by atoms with van der Waals surface area (Å²) >= 11 is 0. The third-order valence-electron chi connectivity index (χ3n) is 3.72. The maximum atomic E-state index is 5.90. The van der Waals surface area contributed by atoms with E-state index in [1.807, 2.05) is 0 Å². The van der Waals surface area contributed by atoms with Crippen LogP contribution in [0, 0.1) is 0 Å². The van der Waals surface area contributed by atoms with Crippen LogP contribution < -0.4 is 5.73 Å². The molecule has 0 radical (unpaired) electrons. The summed E-state index contributed by atoms with van der Waals surface area (Å²) in [6.07, 6.45) is 4.14. The van der Waals surface area contributed by atoms with Gasteiger partial charge in [-0.25, -0.2) is 0 Å². The maximum absolute atomic E-state index is 5.90. The van der Waals surface area contributed by atoms with Crippen LogP contribution in [0.5, 0.6) is 0 Å². The van der Waals surface area contributed by atoms with Gasteiger partial charge in [-0.3, -0.25) is 4.90 Å². The lowest BCUT2D eigenvalue weighted by molar-refractivity contribution is -0.0405.